The average molecular weight is 382 g/mol. The molecule has 28 heavy (non-hydrogen) atoms. The lowest BCUT2D eigenvalue weighted by molar-refractivity contribution is -0.121. The predicted molar refractivity (Wildman–Crippen MR) is 111 cm³/mol. The zero-order chi connectivity index (χ0) is 19.9. The molecule has 0 spiro atoms. The lowest BCUT2D eigenvalue weighted by Gasteiger charge is -2.41. The molecule has 0 aromatic heterocycles. The van der Waals surface area contributed by atoms with Gasteiger partial charge in [-0.25, -0.2) is 0 Å². The molecule has 0 saturated carbocycles. The van der Waals surface area contributed by atoms with Gasteiger partial charge < -0.3 is 19.9 Å². The van der Waals surface area contributed by atoms with Gasteiger partial charge in [0.25, 0.3) is 0 Å². The lowest BCUT2D eigenvalue weighted by Crippen LogP contribution is -2.54. The fourth-order valence-electron chi connectivity index (χ4n) is 3.45. The first kappa shape index (κ1) is 19.8. The fourth-order valence-corrected chi connectivity index (χ4v) is 3.45. The van der Waals surface area contributed by atoms with Crippen LogP contribution in [0.1, 0.15) is 25.5 Å². The minimum Gasteiger partial charge on any atom is -0.377 e. The SMILES string of the molecule is CCOC1CN(C=O)CCN1c1ccc(N=O)c(NC(C)c2ccccc2)c1. The Bertz CT molecular complexity index is 799. The summed E-state index contributed by atoms with van der Waals surface area (Å²) in [7, 11) is 0. The Hall–Kier alpha value is -2.93. The van der Waals surface area contributed by atoms with E-state index in [0.29, 0.717) is 37.6 Å². The number of piperazine rings is 1. The van der Waals surface area contributed by atoms with Gasteiger partial charge in [-0.15, -0.1) is 4.91 Å². The molecule has 2 atom stereocenters. The van der Waals surface area contributed by atoms with E-state index in [1.54, 1.807) is 11.0 Å². The number of rotatable bonds is 8. The molecule has 1 saturated heterocycles. The Morgan fingerprint density at radius 1 is 1.25 bits per heavy atom. The number of benzene rings is 2. The van der Waals surface area contributed by atoms with Crippen LogP contribution in [0.5, 0.6) is 0 Å². The van der Waals surface area contributed by atoms with E-state index in [1.165, 1.54) is 0 Å². The number of carbonyl (C=O) groups is 1. The second-order valence-corrected chi connectivity index (χ2v) is 6.77. The van der Waals surface area contributed by atoms with Gasteiger partial charge in [0.2, 0.25) is 6.41 Å². The first-order chi connectivity index (χ1) is 13.7. The molecule has 2 aromatic carbocycles. The summed E-state index contributed by atoms with van der Waals surface area (Å²) >= 11 is 0. The van der Waals surface area contributed by atoms with Crippen LogP contribution in [-0.2, 0) is 9.53 Å². The second kappa shape index (κ2) is 9.32. The summed E-state index contributed by atoms with van der Waals surface area (Å²) in [4.78, 5) is 26.3. The third-order valence-corrected chi connectivity index (χ3v) is 4.96. The van der Waals surface area contributed by atoms with Crippen LogP contribution in [0.2, 0.25) is 0 Å². The number of nitroso groups, excluding NO2 is 1. The van der Waals surface area contributed by atoms with Gasteiger partial charge >= 0.3 is 0 Å². The molecule has 2 aromatic rings. The number of amides is 1. The van der Waals surface area contributed by atoms with E-state index in [0.717, 1.165) is 17.7 Å². The molecule has 1 aliphatic rings. The Morgan fingerprint density at radius 2 is 2.04 bits per heavy atom. The number of hydrogen-bond donors (Lipinski definition) is 1. The van der Waals surface area contributed by atoms with Crippen LogP contribution in [0.25, 0.3) is 0 Å². The van der Waals surface area contributed by atoms with E-state index < -0.39 is 0 Å². The molecule has 0 aliphatic carbocycles. The van der Waals surface area contributed by atoms with Gasteiger partial charge in [0.1, 0.15) is 11.9 Å². The number of nitrogens with zero attached hydrogens (tertiary/aromatic N) is 3. The van der Waals surface area contributed by atoms with E-state index >= 15 is 0 Å². The summed E-state index contributed by atoms with van der Waals surface area (Å²) in [5, 5.41) is 6.56. The number of anilines is 2. The van der Waals surface area contributed by atoms with Gasteiger partial charge in [0, 0.05) is 31.4 Å². The summed E-state index contributed by atoms with van der Waals surface area (Å²) in [6.07, 6.45) is 0.635. The largest absolute Gasteiger partial charge is 0.377 e. The topological polar surface area (TPSA) is 74.2 Å². The summed E-state index contributed by atoms with van der Waals surface area (Å²) in [5.41, 5.74) is 3.10. The van der Waals surface area contributed by atoms with Gasteiger partial charge in [-0.1, -0.05) is 30.3 Å². The highest BCUT2D eigenvalue weighted by atomic mass is 16.5. The minimum atomic E-state index is -0.224. The highest BCUT2D eigenvalue weighted by Gasteiger charge is 2.27. The molecule has 1 heterocycles. The van der Waals surface area contributed by atoms with Crippen molar-refractivity contribution < 1.29 is 9.53 Å². The Labute approximate surface area is 165 Å². The van der Waals surface area contributed by atoms with Gasteiger partial charge in [0.05, 0.1) is 12.2 Å². The van der Waals surface area contributed by atoms with Crippen LogP contribution in [0, 0.1) is 4.91 Å². The van der Waals surface area contributed by atoms with Crippen LogP contribution in [0.4, 0.5) is 17.1 Å². The molecule has 7 nitrogen and oxygen atoms in total. The van der Waals surface area contributed by atoms with Crippen LogP contribution < -0.4 is 10.2 Å². The Balaban J connectivity index is 1.85. The van der Waals surface area contributed by atoms with Crippen LogP contribution in [-0.4, -0.2) is 43.8 Å². The van der Waals surface area contributed by atoms with Crippen molar-refractivity contribution in [3.05, 3.63) is 59.0 Å². The zero-order valence-electron chi connectivity index (χ0n) is 16.2. The molecule has 0 radical (unpaired) electrons. The summed E-state index contributed by atoms with van der Waals surface area (Å²) in [6.45, 7) is 6.33. The molecule has 3 rings (SSSR count). The fraction of sp³-hybridized carbons (Fsp3) is 0.381. The van der Waals surface area contributed by atoms with E-state index in [1.807, 2.05) is 56.3 Å². The van der Waals surface area contributed by atoms with Gasteiger partial charge in [0.15, 0.2) is 0 Å². The highest BCUT2D eigenvalue weighted by molar-refractivity contribution is 5.72. The van der Waals surface area contributed by atoms with Crippen LogP contribution in [0.15, 0.2) is 53.7 Å². The smallest absolute Gasteiger partial charge is 0.209 e. The van der Waals surface area contributed by atoms with Crippen molar-refractivity contribution in [1.82, 2.24) is 4.90 Å². The highest BCUT2D eigenvalue weighted by Crippen LogP contribution is 2.34. The monoisotopic (exact) mass is 382 g/mol. The van der Waals surface area contributed by atoms with Crippen molar-refractivity contribution >= 4 is 23.5 Å². The lowest BCUT2D eigenvalue weighted by atomic mass is 10.1. The maximum Gasteiger partial charge on any atom is 0.209 e. The summed E-state index contributed by atoms with van der Waals surface area (Å²) in [6, 6.07) is 15.6. The molecule has 1 fully saturated rings. The number of ether oxygens (including phenoxy) is 1. The molecular formula is C21H26N4O3. The van der Waals surface area contributed by atoms with Crippen molar-refractivity contribution in [1.29, 1.82) is 0 Å². The number of hydrogen-bond acceptors (Lipinski definition) is 6. The van der Waals surface area contributed by atoms with Crippen molar-refractivity contribution in [3.8, 4) is 0 Å². The van der Waals surface area contributed by atoms with Crippen LogP contribution in [0.3, 0.4) is 0 Å². The van der Waals surface area contributed by atoms with Crippen molar-refractivity contribution in [3.63, 3.8) is 0 Å². The molecule has 1 aliphatic heterocycles. The zero-order valence-corrected chi connectivity index (χ0v) is 16.2. The number of carbonyl (C=O) groups excluding carboxylic acids is 1. The first-order valence-electron chi connectivity index (χ1n) is 9.52. The Morgan fingerprint density at radius 3 is 2.71 bits per heavy atom. The molecule has 2 unspecified atom stereocenters. The maximum absolute atomic E-state index is 11.3. The standard InChI is InChI=1S/C21H26N4O3/c1-3-28-21-14-24(15-26)11-12-25(21)18-9-10-19(23-27)20(13-18)22-16(2)17-7-5-4-6-8-17/h4-10,13,15-16,21-22H,3,11-12,14H2,1-2H3. The van der Waals surface area contributed by atoms with Gasteiger partial charge in [-0.05, 0) is 42.8 Å². The molecule has 7 heteroatoms. The van der Waals surface area contributed by atoms with Gasteiger partial charge in [-0.3, -0.25) is 4.79 Å². The van der Waals surface area contributed by atoms with Gasteiger partial charge in [-0.2, -0.15) is 0 Å². The molecule has 0 bridgehead atoms. The number of nitrogens with one attached hydrogen (secondary N) is 1. The second-order valence-electron chi connectivity index (χ2n) is 6.77. The summed E-state index contributed by atoms with van der Waals surface area (Å²) in [5.74, 6) is 0. The predicted octanol–water partition coefficient (Wildman–Crippen LogP) is 3.90. The quantitative estimate of drug-likeness (QED) is 0.554. The van der Waals surface area contributed by atoms with Crippen molar-refractivity contribution in [2.24, 2.45) is 5.18 Å². The molecule has 1 N–H and O–H groups in total. The van der Waals surface area contributed by atoms with E-state index in [4.69, 9.17) is 4.74 Å². The van der Waals surface area contributed by atoms with Crippen molar-refractivity contribution in [2.45, 2.75) is 26.1 Å². The van der Waals surface area contributed by atoms with Crippen molar-refractivity contribution in [2.75, 3.05) is 36.5 Å². The normalized spacial score (nSPS) is 17.9. The molecular weight excluding hydrogens is 356 g/mol. The summed E-state index contributed by atoms with van der Waals surface area (Å²) < 4.78 is 5.85. The van der Waals surface area contributed by atoms with E-state index in [9.17, 15) is 9.70 Å². The Kier molecular flexibility index (Phi) is 6.60. The van der Waals surface area contributed by atoms with E-state index in [2.05, 4.69) is 15.4 Å². The maximum atomic E-state index is 11.3. The minimum absolute atomic E-state index is 0.0200. The average Bonchev–Trinajstić information content (AvgIpc) is 2.74. The first-order valence-corrected chi connectivity index (χ1v) is 9.52. The third kappa shape index (κ3) is 4.48. The molecule has 148 valence electrons. The van der Waals surface area contributed by atoms with E-state index in [-0.39, 0.29) is 12.3 Å². The molecule has 1 amide bonds. The van der Waals surface area contributed by atoms with Crippen LogP contribution >= 0.6 is 0 Å². The third-order valence-electron chi connectivity index (χ3n) is 4.96.